The maximum Gasteiger partial charge on any atom is 0.250 e. The third-order valence-electron chi connectivity index (χ3n) is 3.61. The van der Waals surface area contributed by atoms with Crippen LogP contribution in [0, 0.1) is 5.92 Å². The van der Waals surface area contributed by atoms with Crippen LogP contribution in [0.5, 0.6) is 0 Å². The lowest BCUT2D eigenvalue weighted by Gasteiger charge is -2.26. The van der Waals surface area contributed by atoms with Crippen LogP contribution in [-0.4, -0.2) is 32.3 Å². The van der Waals surface area contributed by atoms with Crippen molar-refractivity contribution in [2.45, 2.75) is 30.6 Å². The van der Waals surface area contributed by atoms with Gasteiger partial charge in [-0.25, -0.2) is 8.42 Å². The molecule has 0 saturated carbocycles. The van der Waals surface area contributed by atoms with Crippen molar-refractivity contribution in [1.29, 1.82) is 0 Å². The van der Waals surface area contributed by atoms with Crippen LogP contribution in [0.3, 0.4) is 0 Å². The fourth-order valence-electron chi connectivity index (χ4n) is 2.29. The van der Waals surface area contributed by atoms with Crippen LogP contribution < -0.4 is 4.72 Å². The number of amides is 1. The summed E-state index contributed by atoms with van der Waals surface area (Å²) in [4.78, 5) is 14.3. The number of hydrogen-bond acceptors (Lipinski definition) is 4. The van der Waals surface area contributed by atoms with Crippen molar-refractivity contribution >= 4 is 27.3 Å². The van der Waals surface area contributed by atoms with E-state index >= 15 is 0 Å². The molecule has 1 N–H and O–H groups in total. The zero-order chi connectivity index (χ0) is 17.7. The highest BCUT2D eigenvalue weighted by Crippen LogP contribution is 2.18. The number of sulfonamides is 1. The van der Waals surface area contributed by atoms with E-state index in [0.29, 0.717) is 6.54 Å². The SMILES string of the molecule is CC(C)[C@@H](NS(=O)(=O)c1cccs1)C(=O)N(C)Cc1ccccc1. The summed E-state index contributed by atoms with van der Waals surface area (Å²) in [6.45, 7) is 4.09. The van der Waals surface area contributed by atoms with E-state index in [4.69, 9.17) is 0 Å². The molecule has 130 valence electrons. The Morgan fingerprint density at radius 3 is 2.38 bits per heavy atom. The molecular weight excluding hydrogens is 344 g/mol. The maximum absolute atomic E-state index is 12.7. The fourth-order valence-corrected chi connectivity index (χ4v) is 4.63. The number of carbonyl (C=O) groups excluding carboxylic acids is 1. The third-order valence-corrected chi connectivity index (χ3v) is 6.45. The molecule has 1 heterocycles. The van der Waals surface area contributed by atoms with E-state index in [1.54, 1.807) is 23.4 Å². The number of rotatable bonds is 7. The first-order chi connectivity index (χ1) is 11.3. The first kappa shape index (κ1) is 18.6. The van der Waals surface area contributed by atoms with Crippen LogP contribution in [0.15, 0.2) is 52.1 Å². The molecule has 2 rings (SSSR count). The molecule has 1 atom stereocenters. The number of benzene rings is 1. The number of likely N-dealkylation sites (N-methyl/N-ethyl adjacent to an activating group) is 1. The maximum atomic E-state index is 12.7. The van der Waals surface area contributed by atoms with Crippen LogP contribution in [-0.2, 0) is 21.4 Å². The summed E-state index contributed by atoms with van der Waals surface area (Å²) in [6.07, 6.45) is 0. The second-order valence-corrected chi connectivity index (χ2v) is 8.84. The van der Waals surface area contributed by atoms with Gasteiger partial charge in [-0.1, -0.05) is 50.2 Å². The number of thiophene rings is 1. The van der Waals surface area contributed by atoms with E-state index in [9.17, 15) is 13.2 Å². The van der Waals surface area contributed by atoms with Gasteiger partial charge in [0.1, 0.15) is 10.3 Å². The van der Waals surface area contributed by atoms with E-state index in [1.165, 1.54) is 6.07 Å². The zero-order valence-corrected chi connectivity index (χ0v) is 15.6. The topological polar surface area (TPSA) is 66.5 Å². The van der Waals surface area contributed by atoms with Gasteiger partial charge in [-0.3, -0.25) is 4.79 Å². The molecule has 24 heavy (non-hydrogen) atoms. The van der Waals surface area contributed by atoms with E-state index in [-0.39, 0.29) is 16.0 Å². The number of nitrogens with one attached hydrogen (secondary N) is 1. The van der Waals surface area contributed by atoms with Gasteiger partial charge in [-0.15, -0.1) is 11.3 Å². The Morgan fingerprint density at radius 1 is 1.17 bits per heavy atom. The molecule has 0 spiro atoms. The second-order valence-electron chi connectivity index (χ2n) is 5.95. The van der Waals surface area contributed by atoms with E-state index in [1.807, 2.05) is 44.2 Å². The molecule has 0 aliphatic rings. The predicted octanol–water partition coefficient (Wildman–Crippen LogP) is 2.71. The van der Waals surface area contributed by atoms with Gasteiger partial charge in [0.05, 0.1) is 0 Å². The Kier molecular flexibility index (Phi) is 6.15. The summed E-state index contributed by atoms with van der Waals surface area (Å²) in [5.74, 6) is -0.403. The minimum absolute atomic E-state index is 0.162. The standard InChI is InChI=1S/C17H22N2O3S2/c1-13(2)16(18-24(21,22)15-10-7-11-23-15)17(20)19(3)12-14-8-5-4-6-9-14/h4-11,13,16,18H,12H2,1-3H3/t16-/m1/s1. The van der Waals surface area contributed by atoms with Gasteiger partial charge in [-0.2, -0.15) is 4.72 Å². The monoisotopic (exact) mass is 366 g/mol. The Hall–Kier alpha value is -1.70. The minimum Gasteiger partial charge on any atom is -0.340 e. The lowest BCUT2D eigenvalue weighted by Crippen LogP contribution is -2.49. The normalized spacial score (nSPS) is 13.0. The molecule has 1 aromatic carbocycles. The van der Waals surface area contributed by atoms with Gasteiger partial charge in [0.2, 0.25) is 5.91 Å². The van der Waals surface area contributed by atoms with E-state index in [0.717, 1.165) is 16.9 Å². The van der Waals surface area contributed by atoms with E-state index < -0.39 is 16.1 Å². The second kappa shape index (κ2) is 7.92. The van der Waals surface area contributed by atoms with Gasteiger partial charge in [0.15, 0.2) is 0 Å². The van der Waals surface area contributed by atoms with Crippen molar-refractivity contribution in [2.24, 2.45) is 5.92 Å². The molecule has 7 heteroatoms. The van der Waals surface area contributed by atoms with Crippen LogP contribution in [0.4, 0.5) is 0 Å². The molecule has 5 nitrogen and oxygen atoms in total. The summed E-state index contributed by atoms with van der Waals surface area (Å²) >= 11 is 1.13. The van der Waals surface area contributed by atoms with Crippen LogP contribution in [0.1, 0.15) is 19.4 Å². The fraction of sp³-hybridized carbons (Fsp3) is 0.353. The summed E-state index contributed by atoms with van der Waals surface area (Å²) in [5, 5.41) is 1.70. The summed E-state index contributed by atoms with van der Waals surface area (Å²) < 4.78 is 27.6. The van der Waals surface area contributed by atoms with Gasteiger partial charge in [0, 0.05) is 13.6 Å². The van der Waals surface area contributed by atoms with Crippen molar-refractivity contribution in [1.82, 2.24) is 9.62 Å². The lowest BCUT2D eigenvalue weighted by atomic mass is 10.0. The molecule has 0 aliphatic carbocycles. The average Bonchev–Trinajstić information content (AvgIpc) is 3.08. The summed E-state index contributed by atoms with van der Waals surface area (Å²) in [6, 6.07) is 12.0. The quantitative estimate of drug-likeness (QED) is 0.819. The number of nitrogens with zero attached hydrogens (tertiary/aromatic N) is 1. The Bertz CT molecular complexity index is 756. The third kappa shape index (κ3) is 4.66. The van der Waals surface area contributed by atoms with Gasteiger partial charge in [0.25, 0.3) is 10.0 Å². The molecular formula is C17H22N2O3S2. The zero-order valence-electron chi connectivity index (χ0n) is 14.0. The highest BCUT2D eigenvalue weighted by Gasteiger charge is 2.30. The molecule has 0 radical (unpaired) electrons. The van der Waals surface area contributed by atoms with Crippen LogP contribution in [0.25, 0.3) is 0 Å². The lowest BCUT2D eigenvalue weighted by molar-refractivity contribution is -0.133. The smallest absolute Gasteiger partial charge is 0.250 e. The highest BCUT2D eigenvalue weighted by molar-refractivity contribution is 7.91. The van der Waals surface area contributed by atoms with Gasteiger partial charge >= 0.3 is 0 Å². The van der Waals surface area contributed by atoms with E-state index in [2.05, 4.69) is 4.72 Å². The highest BCUT2D eigenvalue weighted by atomic mass is 32.2. The van der Waals surface area contributed by atoms with Gasteiger partial charge in [-0.05, 0) is 22.9 Å². The summed E-state index contributed by atoms with van der Waals surface area (Å²) in [5.41, 5.74) is 0.997. The largest absolute Gasteiger partial charge is 0.340 e. The minimum atomic E-state index is -3.69. The number of hydrogen-bond donors (Lipinski definition) is 1. The van der Waals surface area contributed by atoms with Crippen molar-refractivity contribution in [3.05, 3.63) is 53.4 Å². The predicted molar refractivity (Wildman–Crippen MR) is 96.2 cm³/mol. The molecule has 1 amide bonds. The molecule has 0 saturated heterocycles. The molecule has 0 bridgehead atoms. The van der Waals surface area contributed by atoms with Gasteiger partial charge < -0.3 is 4.90 Å². The van der Waals surface area contributed by atoms with Crippen molar-refractivity contribution in [3.8, 4) is 0 Å². The molecule has 0 unspecified atom stereocenters. The Morgan fingerprint density at radius 2 is 1.83 bits per heavy atom. The van der Waals surface area contributed by atoms with Crippen molar-refractivity contribution in [2.75, 3.05) is 7.05 Å². The molecule has 0 aliphatic heterocycles. The molecule has 0 fully saturated rings. The molecule has 1 aromatic heterocycles. The van der Waals surface area contributed by atoms with Crippen LogP contribution >= 0.6 is 11.3 Å². The van der Waals surface area contributed by atoms with Crippen molar-refractivity contribution in [3.63, 3.8) is 0 Å². The Balaban J connectivity index is 2.13. The summed E-state index contributed by atoms with van der Waals surface area (Å²) in [7, 11) is -2.01. The van der Waals surface area contributed by atoms with Crippen LogP contribution in [0.2, 0.25) is 0 Å². The first-order valence-corrected chi connectivity index (χ1v) is 10.0. The Labute approximate surface area is 147 Å². The van der Waals surface area contributed by atoms with Crippen molar-refractivity contribution < 1.29 is 13.2 Å². The number of carbonyl (C=O) groups is 1. The average molecular weight is 367 g/mol. The molecule has 2 aromatic rings. The first-order valence-electron chi connectivity index (χ1n) is 7.66.